The van der Waals surface area contributed by atoms with Crippen molar-refractivity contribution in [1.29, 1.82) is 0 Å². The quantitative estimate of drug-likeness (QED) is 0.438. The molecular formula is HAlOSZn. The summed E-state index contributed by atoms with van der Waals surface area (Å²) < 4.78 is 8.28. The summed E-state index contributed by atoms with van der Waals surface area (Å²) in [5.74, 6) is 0. The van der Waals surface area contributed by atoms with Gasteiger partial charge in [0.25, 0.3) is 0 Å². The van der Waals surface area contributed by atoms with Crippen LogP contribution in [0.5, 0.6) is 0 Å². The molecule has 0 aromatic carbocycles. The molecule has 0 aliphatic heterocycles. The maximum atomic E-state index is 8.28. The predicted octanol–water partition coefficient (Wildman–Crippen LogP) is -0.122. The monoisotopic (exact) mass is 140 g/mol. The van der Waals surface area contributed by atoms with Crippen LogP contribution in [-0.2, 0) is 20.4 Å². The van der Waals surface area contributed by atoms with Crippen molar-refractivity contribution in [3.05, 3.63) is 0 Å². The van der Waals surface area contributed by atoms with Crippen LogP contribution < -0.4 is 0 Å². The van der Waals surface area contributed by atoms with E-state index in [9.17, 15) is 0 Å². The van der Waals surface area contributed by atoms with Crippen LogP contribution in [0.4, 0.5) is 0 Å². The second-order valence-electron chi connectivity index (χ2n) is 0. The van der Waals surface area contributed by atoms with Crippen molar-refractivity contribution in [3.63, 3.8) is 0 Å². The molecule has 0 heterocycles. The Bertz CT molecular complexity index is 10.0. The summed E-state index contributed by atoms with van der Waals surface area (Å²) in [6, 6.07) is 0. The van der Waals surface area contributed by atoms with E-state index in [1.165, 1.54) is 0 Å². The summed E-state index contributed by atoms with van der Waals surface area (Å²) in [5.41, 5.74) is 0. The summed E-state index contributed by atoms with van der Waals surface area (Å²) in [7, 11) is 4.21. The molecule has 0 unspecified atom stereocenters. The van der Waals surface area contributed by atoms with Crippen LogP contribution in [0.15, 0.2) is 0 Å². The number of rotatable bonds is 0. The van der Waals surface area contributed by atoms with Gasteiger partial charge >= 0.3 is 46.7 Å². The third kappa shape index (κ3) is 10.9. The Morgan fingerprint density at radius 2 is 1.50 bits per heavy atom. The molecule has 0 aromatic heterocycles. The molecule has 0 spiro atoms. The topological polar surface area (TPSA) is 17.1 Å². The second-order valence-corrected chi connectivity index (χ2v) is 0. The Balaban J connectivity index is 0. The number of hydrogen-bond donors (Lipinski definition) is 0. The first-order valence-corrected chi connectivity index (χ1v) is 5.37. The zero-order valence-corrected chi connectivity index (χ0v) is 7.43. The predicted molar refractivity (Wildman–Crippen MR) is 15.4 cm³/mol. The van der Waals surface area contributed by atoms with Crippen LogP contribution in [0.3, 0.4) is 0 Å². The Morgan fingerprint density at radius 1 is 1.50 bits per heavy atom. The van der Waals surface area contributed by atoms with Crippen molar-refractivity contribution < 1.29 is 20.4 Å². The fourth-order valence-corrected chi connectivity index (χ4v) is 0. The molecule has 4 heavy (non-hydrogen) atoms. The Kier molecular flexibility index (Phi) is 68.1. The summed E-state index contributed by atoms with van der Waals surface area (Å²) in [4.78, 5) is 0. The Labute approximate surface area is 46.7 Å². The molecule has 4 heteroatoms. The van der Waals surface area contributed by atoms with Crippen molar-refractivity contribution in [1.82, 2.24) is 0 Å². The molecule has 0 bridgehead atoms. The van der Waals surface area contributed by atoms with Crippen molar-refractivity contribution in [2.24, 2.45) is 0 Å². The summed E-state index contributed by atoms with van der Waals surface area (Å²) >= 11 is 1.57. The van der Waals surface area contributed by atoms with Crippen LogP contribution in [0, 0.1) is 0 Å². The van der Waals surface area contributed by atoms with Gasteiger partial charge < -0.3 is 0 Å². The third-order valence-electron chi connectivity index (χ3n) is 0. The van der Waals surface area contributed by atoms with Crippen LogP contribution in [-0.4, -0.2) is 16.2 Å². The molecule has 0 fully saturated rings. The van der Waals surface area contributed by atoms with Gasteiger partial charge in [0.15, 0.2) is 0 Å². The van der Waals surface area contributed by atoms with Crippen LogP contribution >= 0.6 is 10.1 Å². The van der Waals surface area contributed by atoms with Crippen molar-refractivity contribution in [2.45, 2.75) is 0 Å². The number of hydrogen-bond acceptors (Lipinski definition) is 2. The van der Waals surface area contributed by atoms with Crippen molar-refractivity contribution >= 4 is 26.3 Å². The molecule has 1 nitrogen and oxygen atoms in total. The third-order valence-corrected chi connectivity index (χ3v) is 0. The fraction of sp³-hybridized carbons (Fsp3) is 0. The molecule has 0 N–H and O–H groups in total. The maximum absolute atomic E-state index is 8.28. The van der Waals surface area contributed by atoms with Gasteiger partial charge in [-0.05, 0) is 0 Å². The standard InChI is InChI=1S/Al.O.S.Zn.H. The van der Waals surface area contributed by atoms with E-state index in [0.717, 1.165) is 16.6 Å². The van der Waals surface area contributed by atoms with Gasteiger partial charge in [-0.1, -0.05) is 0 Å². The van der Waals surface area contributed by atoms with Gasteiger partial charge in [-0.15, -0.1) is 0 Å². The molecule has 0 atom stereocenters. The minimum absolute atomic E-state index is 0.611. The first-order valence-electron chi connectivity index (χ1n) is 0.577. The molecule has 18 valence electrons. The van der Waals surface area contributed by atoms with Crippen molar-refractivity contribution in [2.75, 3.05) is 0 Å². The molecule has 0 amide bonds. The first-order chi connectivity index (χ1) is 2.00. The minimum atomic E-state index is 0.611. The van der Waals surface area contributed by atoms with E-state index in [0.29, 0.717) is 16.2 Å². The Morgan fingerprint density at radius 3 is 1.50 bits per heavy atom. The van der Waals surface area contributed by atoms with Crippen molar-refractivity contribution in [3.8, 4) is 0 Å². The molecular weight excluding hydrogens is 140 g/mol. The molecule has 0 radical (unpaired) electrons. The summed E-state index contributed by atoms with van der Waals surface area (Å²) in [6.45, 7) is 0. The first kappa shape index (κ1) is 8.95. The molecule has 0 aliphatic carbocycles. The van der Waals surface area contributed by atoms with Crippen LogP contribution in [0.2, 0.25) is 0 Å². The van der Waals surface area contributed by atoms with Gasteiger partial charge in [-0.25, -0.2) is 0 Å². The zero-order chi connectivity index (χ0) is 4.00. The van der Waals surface area contributed by atoms with E-state index < -0.39 is 0 Å². The normalized spacial score (nSPS) is 2.25. The fourth-order valence-electron chi connectivity index (χ4n) is 0. The van der Waals surface area contributed by atoms with Gasteiger partial charge in [-0.3, -0.25) is 0 Å². The van der Waals surface area contributed by atoms with E-state index in [2.05, 4.69) is 10.1 Å². The molecule has 0 saturated carbocycles. The van der Waals surface area contributed by atoms with Crippen LogP contribution in [0.25, 0.3) is 0 Å². The van der Waals surface area contributed by atoms with E-state index in [1.807, 2.05) is 0 Å². The molecule has 0 aliphatic rings. The van der Waals surface area contributed by atoms with E-state index in [-0.39, 0.29) is 0 Å². The Hall–Kier alpha value is 1.18. The summed E-state index contributed by atoms with van der Waals surface area (Å²) in [5, 5.41) is 0. The van der Waals surface area contributed by atoms with E-state index in [4.69, 9.17) is 3.80 Å². The molecule has 0 rings (SSSR count). The SMILES string of the molecule is [O]=[AlH].[S]=[Zn]. The van der Waals surface area contributed by atoms with Gasteiger partial charge in [-0.2, -0.15) is 0 Å². The van der Waals surface area contributed by atoms with Gasteiger partial charge in [0, 0.05) is 0 Å². The average Bonchev–Trinajstić information content (AvgIpc) is 1.50. The summed E-state index contributed by atoms with van der Waals surface area (Å²) in [6.07, 6.45) is 0. The van der Waals surface area contributed by atoms with Gasteiger partial charge in [0.1, 0.15) is 0 Å². The molecule has 0 saturated heterocycles. The second kappa shape index (κ2) is 30.5. The van der Waals surface area contributed by atoms with Gasteiger partial charge in [0.05, 0.1) is 0 Å². The zero-order valence-electron chi connectivity index (χ0n) is 2.23. The van der Waals surface area contributed by atoms with E-state index in [1.54, 1.807) is 0 Å². The average molecular weight is 141 g/mol. The molecule has 0 aromatic rings. The van der Waals surface area contributed by atoms with Gasteiger partial charge in [0.2, 0.25) is 0 Å². The van der Waals surface area contributed by atoms with E-state index >= 15 is 0 Å². The van der Waals surface area contributed by atoms with Crippen LogP contribution in [0.1, 0.15) is 0 Å².